The van der Waals surface area contributed by atoms with Crippen LogP contribution in [0.15, 0.2) is 60.7 Å². The highest BCUT2D eigenvalue weighted by Crippen LogP contribution is 2.25. The maximum Gasteiger partial charge on any atom is 0.328 e. The topological polar surface area (TPSA) is 116 Å². The number of nitrogens with zero attached hydrogens (tertiary/aromatic N) is 1. The fourth-order valence-corrected chi connectivity index (χ4v) is 4.22. The first-order valence-electron chi connectivity index (χ1n) is 12.6. The van der Waals surface area contributed by atoms with E-state index in [4.69, 9.17) is 14.9 Å². The monoisotopic (exact) mass is 528 g/mol. The normalized spacial score (nSPS) is 15.0. The highest BCUT2D eigenvalue weighted by atomic mass is 19.1. The first-order chi connectivity index (χ1) is 18.1. The van der Waals surface area contributed by atoms with Gasteiger partial charge in [-0.15, -0.1) is 0 Å². The van der Waals surface area contributed by atoms with Gasteiger partial charge in [0.05, 0.1) is 13.2 Å². The van der Waals surface area contributed by atoms with Gasteiger partial charge in [-0.25, -0.2) is 14.0 Å². The summed E-state index contributed by atoms with van der Waals surface area (Å²) in [6.45, 7) is 7.05. The van der Waals surface area contributed by atoms with E-state index in [9.17, 15) is 18.8 Å². The maximum absolute atomic E-state index is 13.2. The van der Waals surface area contributed by atoms with E-state index in [-0.39, 0.29) is 29.6 Å². The lowest BCUT2D eigenvalue weighted by Crippen LogP contribution is -2.42. The number of amides is 1. The Hall–Kier alpha value is -3.72. The van der Waals surface area contributed by atoms with Crippen molar-refractivity contribution >= 4 is 17.8 Å². The number of carbonyl (C=O) groups is 3. The van der Waals surface area contributed by atoms with Crippen LogP contribution in [0.4, 0.5) is 4.39 Å². The van der Waals surface area contributed by atoms with E-state index >= 15 is 0 Å². The first kappa shape index (κ1) is 30.5. The number of likely N-dealkylation sites (tertiary alicyclic amines) is 1. The average molecular weight is 529 g/mol. The summed E-state index contributed by atoms with van der Waals surface area (Å²) in [5.41, 5.74) is 2.26. The van der Waals surface area contributed by atoms with Crippen LogP contribution in [0.1, 0.15) is 43.9 Å². The molecule has 1 aliphatic heterocycles. The first-order valence-corrected chi connectivity index (χ1v) is 12.6. The summed E-state index contributed by atoms with van der Waals surface area (Å²) in [4.78, 5) is 34.4. The largest absolute Gasteiger partial charge is 0.497 e. The molecule has 2 aromatic carbocycles. The lowest BCUT2D eigenvalue weighted by Gasteiger charge is -2.33. The fraction of sp³-hybridized carbons (Fsp3) is 0.414. The quantitative estimate of drug-likeness (QED) is 0.394. The van der Waals surface area contributed by atoms with E-state index in [0.717, 1.165) is 50.2 Å². The van der Waals surface area contributed by atoms with E-state index in [1.54, 1.807) is 19.2 Å². The number of carboxylic acid groups (broad SMARTS) is 2. The molecule has 8 nitrogen and oxygen atoms in total. The molecule has 0 bridgehead atoms. The number of hydrogen-bond donors (Lipinski definition) is 3. The van der Waals surface area contributed by atoms with Gasteiger partial charge in [0.1, 0.15) is 11.6 Å². The van der Waals surface area contributed by atoms with Crippen molar-refractivity contribution < 1.29 is 33.7 Å². The predicted octanol–water partition coefficient (Wildman–Crippen LogP) is 4.31. The van der Waals surface area contributed by atoms with Crippen molar-refractivity contribution in [3.8, 4) is 5.75 Å². The number of ether oxygens (including phenoxy) is 1. The minimum atomic E-state index is -1.26. The van der Waals surface area contributed by atoms with Crippen LogP contribution in [-0.4, -0.2) is 59.7 Å². The van der Waals surface area contributed by atoms with Crippen molar-refractivity contribution in [2.75, 3.05) is 26.7 Å². The molecule has 9 heteroatoms. The number of carboxylic acids is 2. The molecule has 0 spiro atoms. The second-order valence-electron chi connectivity index (χ2n) is 9.51. The van der Waals surface area contributed by atoms with Gasteiger partial charge in [0.2, 0.25) is 5.91 Å². The molecular weight excluding hydrogens is 491 g/mol. The van der Waals surface area contributed by atoms with E-state index < -0.39 is 11.9 Å². The van der Waals surface area contributed by atoms with Gasteiger partial charge in [-0.05, 0) is 73.7 Å². The number of halogens is 1. The van der Waals surface area contributed by atoms with Gasteiger partial charge in [0.15, 0.2) is 0 Å². The van der Waals surface area contributed by atoms with Crippen LogP contribution in [0, 0.1) is 17.7 Å². The van der Waals surface area contributed by atoms with E-state index in [1.165, 1.54) is 17.7 Å². The van der Waals surface area contributed by atoms with Crippen LogP contribution < -0.4 is 10.1 Å². The highest BCUT2D eigenvalue weighted by molar-refractivity contribution is 5.89. The average Bonchev–Trinajstić information content (AvgIpc) is 2.90. The lowest BCUT2D eigenvalue weighted by molar-refractivity contribution is -0.134. The summed E-state index contributed by atoms with van der Waals surface area (Å²) in [6, 6.07) is 14.6. The van der Waals surface area contributed by atoms with Crippen molar-refractivity contribution in [2.45, 2.75) is 39.2 Å². The Labute approximate surface area is 223 Å². The molecule has 0 saturated carbocycles. The van der Waals surface area contributed by atoms with Crippen molar-refractivity contribution in [3.05, 3.63) is 77.6 Å². The standard InChI is InChI=1S/C25H33FN2O2.C4H4O4/c1-18(2)24(20-6-8-22(26)9-7-20)27-25(29)21-13-16-28(17-14-21)15-12-19-4-10-23(30-3)11-5-19;5-3(6)1-2-4(7)8/h4-11,18,21,24H,12-17H2,1-3H3,(H,27,29);1-2H,(H,5,6)(H,7,8)/b;2-1+/t24-;/m1./s1. The Kier molecular flexibility index (Phi) is 12.5. The smallest absolute Gasteiger partial charge is 0.328 e. The molecule has 2 aromatic rings. The Bertz CT molecular complexity index is 1050. The van der Waals surface area contributed by atoms with Crippen molar-refractivity contribution in [2.24, 2.45) is 11.8 Å². The van der Waals surface area contributed by atoms with Crippen molar-refractivity contribution in [1.29, 1.82) is 0 Å². The zero-order valence-electron chi connectivity index (χ0n) is 22.1. The molecule has 1 saturated heterocycles. The third-order valence-corrected chi connectivity index (χ3v) is 6.40. The zero-order valence-corrected chi connectivity index (χ0v) is 22.1. The van der Waals surface area contributed by atoms with Crippen LogP contribution >= 0.6 is 0 Å². The van der Waals surface area contributed by atoms with Crippen LogP contribution in [0.5, 0.6) is 5.75 Å². The van der Waals surface area contributed by atoms with Crippen LogP contribution in [0.2, 0.25) is 0 Å². The molecule has 0 aliphatic carbocycles. The number of benzene rings is 2. The van der Waals surface area contributed by atoms with Gasteiger partial charge in [0.25, 0.3) is 0 Å². The van der Waals surface area contributed by atoms with Gasteiger partial charge in [-0.2, -0.15) is 0 Å². The Morgan fingerprint density at radius 1 is 1.00 bits per heavy atom. The van der Waals surface area contributed by atoms with Gasteiger partial charge < -0.3 is 25.2 Å². The van der Waals surface area contributed by atoms with Gasteiger partial charge in [-0.3, -0.25) is 4.79 Å². The SMILES string of the molecule is COc1ccc(CCN2CCC(C(=O)N[C@@H](c3ccc(F)cc3)C(C)C)CC2)cc1.O=C(O)/C=C/C(=O)O. The molecule has 38 heavy (non-hydrogen) atoms. The van der Waals surface area contributed by atoms with Crippen molar-refractivity contribution in [3.63, 3.8) is 0 Å². The van der Waals surface area contributed by atoms with Crippen LogP contribution in [0.3, 0.4) is 0 Å². The number of rotatable bonds is 10. The molecule has 3 N–H and O–H groups in total. The highest BCUT2D eigenvalue weighted by Gasteiger charge is 2.27. The third kappa shape index (κ3) is 10.7. The predicted molar refractivity (Wildman–Crippen MR) is 142 cm³/mol. The van der Waals surface area contributed by atoms with Gasteiger partial charge in [-0.1, -0.05) is 38.1 Å². The second kappa shape index (κ2) is 15.5. The van der Waals surface area contributed by atoms with Crippen LogP contribution in [-0.2, 0) is 20.8 Å². The molecular formula is C29H37FN2O6. The fourth-order valence-electron chi connectivity index (χ4n) is 4.22. The summed E-state index contributed by atoms with van der Waals surface area (Å²) in [5.74, 6) is -1.49. The summed E-state index contributed by atoms with van der Waals surface area (Å²) in [7, 11) is 1.68. The number of nitrogens with one attached hydrogen (secondary N) is 1. The molecule has 0 radical (unpaired) electrons. The molecule has 3 rings (SSSR count). The molecule has 0 unspecified atom stereocenters. The summed E-state index contributed by atoms with van der Waals surface area (Å²) in [6.07, 6.45) is 3.87. The van der Waals surface area contributed by atoms with E-state index in [1.807, 2.05) is 12.1 Å². The minimum absolute atomic E-state index is 0.0453. The lowest BCUT2D eigenvalue weighted by atomic mass is 9.92. The third-order valence-electron chi connectivity index (χ3n) is 6.40. The summed E-state index contributed by atoms with van der Waals surface area (Å²) < 4.78 is 18.5. The number of hydrogen-bond acceptors (Lipinski definition) is 5. The van der Waals surface area contributed by atoms with Gasteiger partial charge >= 0.3 is 11.9 Å². The number of piperidine rings is 1. The van der Waals surface area contributed by atoms with Gasteiger partial charge in [0, 0.05) is 24.6 Å². The second-order valence-corrected chi connectivity index (χ2v) is 9.51. The molecule has 1 aliphatic rings. The number of aliphatic carboxylic acids is 2. The zero-order chi connectivity index (χ0) is 28.1. The Morgan fingerprint density at radius 2 is 1.55 bits per heavy atom. The van der Waals surface area contributed by atoms with Crippen LogP contribution in [0.25, 0.3) is 0 Å². The number of carbonyl (C=O) groups excluding carboxylic acids is 1. The number of methoxy groups -OCH3 is 1. The molecule has 1 heterocycles. The summed E-state index contributed by atoms with van der Waals surface area (Å²) in [5, 5.41) is 18.8. The molecule has 1 fully saturated rings. The molecule has 0 aromatic heterocycles. The molecule has 1 amide bonds. The molecule has 1 atom stereocenters. The Morgan fingerprint density at radius 3 is 2.03 bits per heavy atom. The van der Waals surface area contributed by atoms with Crippen molar-refractivity contribution in [1.82, 2.24) is 10.2 Å². The molecule has 206 valence electrons. The maximum atomic E-state index is 13.2. The minimum Gasteiger partial charge on any atom is -0.497 e. The summed E-state index contributed by atoms with van der Waals surface area (Å²) >= 11 is 0. The Balaban J connectivity index is 0.000000550. The van der Waals surface area contributed by atoms with E-state index in [2.05, 4.69) is 36.2 Å². The van der Waals surface area contributed by atoms with E-state index in [0.29, 0.717) is 12.2 Å².